The van der Waals surface area contributed by atoms with E-state index in [4.69, 9.17) is 0 Å². The van der Waals surface area contributed by atoms with Crippen LogP contribution in [0.4, 0.5) is 0 Å². The van der Waals surface area contributed by atoms with Crippen molar-refractivity contribution in [2.45, 2.75) is 44.0 Å². The molecule has 1 unspecified atom stereocenters. The van der Waals surface area contributed by atoms with E-state index in [2.05, 4.69) is 25.5 Å². The molecule has 2 aromatic rings. The molecule has 0 fully saturated rings. The van der Waals surface area contributed by atoms with Crippen molar-refractivity contribution in [1.82, 2.24) is 4.72 Å². The van der Waals surface area contributed by atoms with Gasteiger partial charge in [0, 0.05) is 6.04 Å². The van der Waals surface area contributed by atoms with Crippen LogP contribution in [0.1, 0.15) is 44.9 Å². The molecule has 0 saturated carbocycles. The van der Waals surface area contributed by atoms with Crippen LogP contribution in [-0.4, -0.2) is 8.42 Å². The molecular weight excluding hydrogens is 294 g/mol. The van der Waals surface area contributed by atoms with Gasteiger partial charge in [-0.05, 0) is 35.6 Å². The highest BCUT2D eigenvalue weighted by Gasteiger charge is 2.20. The first kappa shape index (κ1) is 16.7. The van der Waals surface area contributed by atoms with E-state index in [1.165, 1.54) is 0 Å². The first-order valence-corrected chi connectivity index (χ1v) is 8.86. The Kier molecular flexibility index (Phi) is 4.73. The van der Waals surface area contributed by atoms with Crippen molar-refractivity contribution in [2.24, 2.45) is 0 Å². The van der Waals surface area contributed by atoms with Gasteiger partial charge in [-0.3, -0.25) is 0 Å². The molecule has 1 N–H and O–H groups in total. The molecule has 0 saturated heterocycles. The Morgan fingerprint density at radius 1 is 0.909 bits per heavy atom. The second-order valence-electron chi connectivity index (χ2n) is 6.53. The third-order valence-electron chi connectivity index (χ3n) is 3.66. The molecule has 4 heteroatoms. The Labute approximate surface area is 133 Å². The summed E-state index contributed by atoms with van der Waals surface area (Å²) >= 11 is 0. The van der Waals surface area contributed by atoms with Crippen molar-refractivity contribution in [3.63, 3.8) is 0 Å². The molecule has 0 spiro atoms. The van der Waals surface area contributed by atoms with E-state index in [1.807, 2.05) is 49.4 Å². The predicted molar refractivity (Wildman–Crippen MR) is 90.3 cm³/mol. The third kappa shape index (κ3) is 3.96. The fraction of sp³-hybridized carbons (Fsp3) is 0.333. The van der Waals surface area contributed by atoms with Crippen LogP contribution in [0.2, 0.25) is 0 Å². The molecule has 0 radical (unpaired) electrons. The number of nitrogens with one attached hydrogen (secondary N) is 1. The van der Waals surface area contributed by atoms with Crippen LogP contribution in [0.5, 0.6) is 0 Å². The van der Waals surface area contributed by atoms with Crippen molar-refractivity contribution < 1.29 is 8.42 Å². The van der Waals surface area contributed by atoms with Crippen molar-refractivity contribution in [2.75, 3.05) is 0 Å². The summed E-state index contributed by atoms with van der Waals surface area (Å²) in [6.07, 6.45) is 0. The highest BCUT2D eigenvalue weighted by atomic mass is 32.2. The van der Waals surface area contributed by atoms with E-state index in [1.54, 1.807) is 12.1 Å². The van der Waals surface area contributed by atoms with E-state index >= 15 is 0 Å². The van der Waals surface area contributed by atoms with Gasteiger partial charge in [0.05, 0.1) is 4.90 Å². The van der Waals surface area contributed by atoms with Crippen molar-refractivity contribution in [3.05, 3.63) is 65.7 Å². The number of hydrogen-bond acceptors (Lipinski definition) is 2. The topological polar surface area (TPSA) is 46.2 Å². The van der Waals surface area contributed by atoms with Gasteiger partial charge in [0.2, 0.25) is 10.0 Å². The summed E-state index contributed by atoms with van der Waals surface area (Å²) in [5.74, 6) is 0. The Balaban J connectivity index is 2.20. The van der Waals surface area contributed by atoms with Crippen molar-refractivity contribution in [3.8, 4) is 0 Å². The average molecular weight is 317 g/mol. The third-order valence-corrected chi connectivity index (χ3v) is 5.22. The number of benzene rings is 2. The zero-order valence-electron chi connectivity index (χ0n) is 13.5. The van der Waals surface area contributed by atoms with E-state index in [0.717, 1.165) is 11.1 Å². The molecule has 118 valence electrons. The fourth-order valence-electron chi connectivity index (χ4n) is 2.24. The average Bonchev–Trinajstić information content (AvgIpc) is 2.47. The molecule has 0 aliphatic carbocycles. The molecule has 22 heavy (non-hydrogen) atoms. The van der Waals surface area contributed by atoms with Crippen LogP contribution in [0.25, 0.3) is 0 Å². The Morgan fingerprint density at radius 2 is 1.45 bits per heavy atom. The summed E-state index contributed by atoms with van der Waals surface area (Å²) in [5.41, 5.74) is 2.06. The minimum Gasteiger partial charge on any atom is -0.207 e. The van der Waals surface area contributed by atoms with Gasteiger partial charge in [-0.25, -0.2) is 13.1 Å². The Morgan fingerprint density at radius 3 is 1.95 bits per heavy atom. The van der Waals surface area contributed by atoms with E-state index < -0.39 is 10.0 Å². The summed E-state index contributed by atoms with van der Waals surface area (Å²) in [6, 6.07) is 16.4. The van der Waals surface area contributed by atoms with Crippen LogP contribution >= 0.6 is 0 Å². The maximum Gasteiger partial charge on any atom is 0.241 e. The summed E-state index contributed by atoms with van der Waals surface area (Å²) in [4.78, 5) is 0.295. The largest absolute Gasteiger partial charge is 0.241 e. The second-order valence-corrected chi connectivity index (χ2v) is 8.24. The van der Waals surface area contributed by atoms with Crippen molar-refractivity contribution >= 4 is 10.0 Å². The molecule has 0 amide bonds. The lowest BCUT2D eigenvalue weighted by Gasteiger charge is -2.19. The van der Waals surface area contributed by atoms with Gasteiger partial charge in [0.1, 0.15) is 0 Å². The molecule has 0 aliphatic heterocycles. The van der Waals surface area contributed by atoms with Crippen molar-refractivity contribution in [1.29, 1.82) is 0 Å². The van der Waals surface area contributed by atoms with E-state index in [0.29, 0.717) is 4.90 Å². The lowest BCUT2D eigenvalue weighted by Crippen LogP contribution is -2.27. The highest BCUT2D eigenvalue weighted by Crippen LogP contribution is 2.24. The first-order chi connectivity index (χ1) is 10.2. The van der Waals surface area contributed by atoms with Crippen LogP contribution in [0.3, 0.4) is 0 Å². The van der Waals surface area contributed by atoms with E-state index in [9.17, 15) is 8.42 Å². The van der Waals surface area contributed by atoms with Gasteiger partial charge < -0.3 is 0 Å². The second kappa shape index (κ2) is 6.23. The van der Waals surface area contributed by atoms with Crippen LogP contribution in [0, 0.1) is 0 Å². The van der Waals surface area contributed by atoms with Crippen LogP contribution < -0.4 is 4.72 Å². The minimum absolute atomic E-state index is 0.00699. The van der Waals surface area contributed by atoms with Crippen LogP contribution in [0.15, 0.2) is 59.5 Å². The summed E-state index contributed by atoms with van der Waals surface area (Å²) < 4.78 is 27.7. The smallest absolute Gasteiger partial charge is 0.207 e. The monoisotopic (exact) mass is 317 g/mol. The maximum absolute atomic E-state index is 12.5. The lowest BCUT2D eigenvalue weighted by atomic mass is 9.87. The van der Waals surface area contributed by atoms with Gasteiger partial charge in [0.25, 0.3) is 0 Å². The highest BCUT2D eigenvalue weighted by molar-refractivity contribution is 7.89. The molecule has 3 nitrogen and oxygen atoms in total. The molecule has 1 atom stereocenters. The van der Waals surface area contributed by atoms with Gasteiger partial charge in [-0.2, -0.15) is 0 Å². The fourth-order valence-corrected chi connectivity index (χ4v) is 3.48. The molecule has 0 aromatic heterocycles. The van der Waals surface area contributed by atoms with Gasteiger partial charge >= 0.3 is 0 Å². The standard InChI is InChI=1S/C18H23NO2S/c1-14(15-8-6-5-7-9-15)19-22(20,21)17-12-10-16(11-13-17)18(2,3)4/h5-14,19H,1-4H3. The molecular formula is C18H23NO2S. The lowest BCUT2D eigenvalue weighted by molar-refractivity contribution is 0.565. The molecule has 0 bridgehead atoms. The van der Waals surface area contributed by atoms with Gasteiger partial charge in [-0.15, -0.1) is 0 Å². The van der Waals surface area contributed by atoms with Gasteiger partial charge in [-0.1, -0.05) is 63.2 Å². The summed E-state index contributed by atoms with van der Waals surface area (Å²) in [5, 5.41) is 0. The molecule has 0 aliphatic rings. The minimum atomic E-state index is -3.52. The number of rotatable bonds is 4. The molecule has 2 rings (SSSR count). The predicted octanol–water partition coefficient (Wildman–Crippen LogP) is 4.02. The Bertz CT molecular complexity index is 714. The Hall–Kier alpha value is -1.65. The van der Waals surface area contributed by atoms with E-state index in [-0.39, 0.29) is 11.5 Å². The van der Waals surface area contributed by atoms with Gasteiger partial charge in [0.15, 0.2) is 0 Å². The number of hydrogen-bond donors (Lipinski definition) is 1. The molecule has 0 heterocycles. The normalized spacial score (nSPS) is 13.8. The van der Waals surface area contributed by atoms with Crippen LogP contribution in [-0.2, 0) is 15.4 Å². The summed E-state index contributed by atoms with van der Waals surface area (Å²) in [7, 11) is -3.52. The molecule has 2 aromatic carbocycles. The summed E-state index contributed by atoms with van der Waals surface area (Å²) in [6.45, 7) is 8.15. The first-order valence-electron chi connectivity index (χ1n) is 7.38. The zero-order chi connectivity index (χ0) is 16.4. The quantitative estimate of drug-likeness (QED) is 0.925. The maximum atomic E-state index is 12.5. The zero-order valence-corrected chi connectivity index (χ0v) is 14.3. The number of sulfonamides is 1. The SMILES string of the molecule is CC(NS(=O)(=O)c1ccc(C(C)(C)C)cc1)c1ccccc1.